The first kappa shape index (κ1) is 20.3. The first-order valence-electron chi connectivity index (χ1n) is 11.3. The average molecular weight is 457 g/mol. The van der Waals surface area contributed by atoms with Crippen LogP contribution in [0.15, 0.2) is 24.5 Å². The van der Waals surface area contributed by atoms with Crippen LogP contribution in [-0.4, -0.2) is 63.2 Å². The number of anilines is 2. The molecule has 0 radical (unpaired) electrons. The second-order valence-corrected chi connectivity index (χ2v) is 9.57. The van der Waals surface area contributed by atoms with Crippen LogP contribution in [0.1, 0.15) is 42.3 Å². The third-order valence-corrected chi connectivity index (χ3v) is 7.33. The predicted molar refractivity (Wildman–Crippen MR) is 121 cm³/mol. The van der Waals surface area contributed by atoms with Crippen LogP contribution in [0.5, 0.6) is 0 Å². The molecule has 3 fully saturated rings. The monoisotopic (exact) mass is 456 g/mol. The molecule has 4 heterocycles. The van der Waals surface area contributed by atoms with Crippen LogP contribution in [0, 0.1) is 6.92 Å². The summed E-state index contributed by atoms with van der Waals surface area (Å²) in [7, 11) is 0. The van der Waals surface area contributed by atoms with Crippen molar-refractivity contribution >= 4 is 34.1 Å². The van der Waals surface area contributed by atoms with Crippen molar-refractivity contribution in [1.29, 1.82) is 0 Å². The van der Waals surface area contributed by atoms with E-state index in [2.05, 4.69) is 26.4 Å². The summed E-state index contributed by atoms with van der Waals surface area (Å²) in [5, 5.41) is 9.08. The molecule has 9 heteroatoms. The van der Waals surface area contributed by atoms with Gasteiger partial charge >= 0.3 is 0 Å². The van der Waals surface area contributed by atoms with Gasteiger partial charge in [0.15, 0.2) is 5.15 Å². The number of hydrogen-bond donors (Lipinski definition) is 1. The number of ether oxygens (including phenoxy) is 1. The van der Waals surface area contributed by atoms with Crippen molar-refractivity contribution in [1.82, 2.24) is 24.6 Å². The van der Waals surface area contributed by atoms with Gasteiger partial charge in [0, 0.05) is 24.0 Å². The third-order valence-electron chi connectivity index (χ3n) is 6.95. The zero-order chi connectivity index (χ0) is 21.8. The molecule has 6 rings (SSSR count). The summed E-state index contributed by atoms with van der Waals surface area (Å²) in [6.45, 7) is 4.87. The van der Waals surface area contributed by atoms with Crippen molar-refractivity contribution < 1.29 is 9.13 Å². The van der Waals surface area contributed by atoms with Crippen LogP contribution in [0.2, 0.25) is 5.15 Å². The molecule has 3 aliphatic rings. The van der Waals surface area contributed by atoms with Crippen LogP contribution < -0.4 is 5.32 Å². The maximum Gasteiger partial charge on any atom is 0.227 e. The molecule has 1 saturated carbocycles. The van der Waals surface area contributed by atoms with E-state index in [1.165, 1.54) is 0 Å². The Morgan fingerprint density at radius 2 is 2.00 bits per heavy atom. The highest BCUT2D eigenvalue weighted by molar-refractivity contribution is 6.32. The number of fused-ring (bicyclic) bond motifs is 1. The van der Waals surface area contributed by atoms with Gasteiger partial charge in [0.05, 0.1) is 42.7 Å². The normalized spacial score (nSPS) is 24.6. The Kier molecular flexibility index (Phi) is 5.04. The number of likely N-dealkylation sites (tertiary alicyclic amines) is 1. The lowest BCUT2D eigenvalue weighted by atomic mass is 9.84. The van der Waals surface area contributed by atoms with Crippen LogP contribution in [0.25, 0.3) is 10.9 Å². The third kappa shape index (κ3) is 3.64. The first-order valence-corrected chi connectivity index (χ1v) is 11.7. The quantitative estimate of drug-likeness (QED) is 0.614. The van der Waals surface area contributed by atoms with Crippen molar-refractivity contribution in [3.05, 3.63) is 40.8 Å². The Morgan fingerprint density at radius 1 is 1.16 bits per heavy atom. The molecule has 0 spiro atoms. The lowest BCUT2D eigenvalue weighted by molar-refractivity contribution is -0.0807. The van der Waals surface area contributed by atoms with E-state index in [-0.39, 0.29) is 5.92 Å². The molecule has 0 amide bonds. The van der Waals surface area contributed by atoms with Gasteiger partial charge in [-0.25, -0.2) is 19.0 Å². The van der Waals surface area contributed by atoms with Gasteiger partial charge in [-0.05, 0) is 56.0 Å². The number of aromatic nitrogens is 4. The second-order valence-electron chi connectivity index (χ2n) is 9.21. The van der Waals surface area contributed by atoms with E-state index in [1.807, 2.05) is 17.7 Å². The van der Waals surface area contributed by atoms with Gasteiger partial charge in [-0.3, -0.25) is 4.90 Å². The summed E-state index contributed by atoms with van der Waals surface area (Å²) < 4.78 is 22.3. The molecule has 32 heavy (non-hydrogen) atoms. The van der Waals surface area contributed by atoms with Crippen molar-refractivity contribution in [3.8, 4) is 0 Å². The molecule has 0 unspecified atom stereocenters. The Morgan fingerprint density at radius 3 is 2.72 bits per heavy atom. The van der Waals surface area contributed by atoms with Gasteiger partial charge in [-0.1, -0.05) is 11.6 Å². The van der Waals surface area contributed by atoms with Gasteiger partial charge in [0.1, 0.15) is 6.17 Å². The van der Waals surface area contributed by atoms with E-state index < -0.39 is 6.17 Å². The molecule has 168 valence electrons. The summed E-state index contributed by atoms with van der Waals surface area (Å²) in [4.78, 5) is 11.4. The summed E-state index contributed by atoms with van der Waals surface area (Å²) in [5.74, 6) is 0.343. The maximum absolute atomic E-state index is 15.2. The van der Waals surface area contributed by atoms with Crippen molar-refractivity contribution in [2.24, 2.45) is 0 Å². The molecule has 1 aromatic carbocycles. The highest BCUT2D eigenvalue weighted by Gasteiger charge is 2.36. The number of benzene rings is 1. The van der Waals surface area contributed by atoms with E-state index >= 15 is 4.39 Å². The van der Waals surface area contributed by atoms with Crippen molar-refractivity contribution in [3.63, 3.8) is 0 Å². The van der Waals surface area contributed by atoms with E-state index in [9.17, 15) is 0 Å². The summed E-state index contributed by atoms with van der Waals surface area (Å²) >= 11 is 6.47. The number of aryl methyl sites for hydroxylation is 1. The number of hydrogen-bond acceptors (Lipinski definition) is 6. The molecule has 1 aliphatic carbocycles. The van der Waals surface area contributed by atoms with Crippen LogP contribution in [0.4, 0.5) is 16.0 Å². The number of nitrogens with zero attached hydrogens (tertiary/aromatic N) is 5. The molecule has 1 N–H and O–H groups in total. The van der Waals surface area contributed by atoms with Gasteiger partial charge in [-0.15, -0.1) is 0 Å². The molecule has 2 atom stereocenters. The van der Waals surface area contributed by atoms with E-state index in [4.69, 9.17) is 21.3 Å². The highest BCUT2D eigenvalue weighted by Crippen LogP contribution is 2.39. The molecule has 2 aliphatic heterocycles. The number of alkyl halides is 1. The standard InChI is InChI=1S/C23H26ClFN6O/c1-13-6-14-8-26-23(29-21-9-27-31(22(21)24)15-2-3-15)28-20(14)7-18(13)17-4-5-30(10-19(17)25)16-11-32-12-16/h6-9,15-17,19H,2-5,10-12H2,1H3,(H,26,28,29)/t17-,19+/m1/s1. The lowest BCUT2D eigenvalue weighted by Gasteiger charge is -2.43. The number of halogens is 2. The summed E-state index contributed by atoms with van der Waals surface area (Å²) in [5.41, 5.74) is 3.62. The average Bonchev–Trinajstić information content (AvgIpc) is 3.51. The predicted octanol–water partition coefficient (Wildman–Crippen LogP) is 4.39. The van der Waals surface area contributed by atoms with Gasteiger partial charge in [-0.2, -0.15) is 5.10 Å². The SMILES string of the molecule is Cc1cc2cnc(Nc3cnn(C4CC4)c3Cl)nc2cc1[C@H]1CCN(C2COC2)C[C@@H]1F. The summed E-state index contributed by atoms with van der Waals surface area (Å²) in [6.07, 6.45) is 5.63. The fraction of sp³-hybridized carbons (Fsp3) is 0.522. The van der Waals surface area contributed by atoms with Gasteiger partial charge in [0.25, 0.3) is 0 Å². The molecule has 3 aromatic rings. The minimum Gasteiger partial charge on any atom is -0.378 e. The van der Waals surface area contributed by atoms with E-state index in [0.29, 0.717) is 35.4 Å². The minimum atomic E-state index is -0.896. The topological polar surface area (TPSA) is 68.1 Å². The molecular formula is C23H26ClFN6O. The lowest BCUT2D eigenvalue weighted by Crippen LogP contribution is -2.54. The van der Waals surface area contributed by atoms with E-state index in [0.717, 1.165) is 61.1 Å². The van der Waals surface area contributed by atoms with Crippen molar-refractivity contribution in [2.45, 2.75) is 50.4 Å². The van der Waals surface area contributed by atoms with Crippen LogP contribution in [0.3, 0.4) is 0 Å². The smallest absolute Gasteiger partial charge is 0.227 e. The number of rotatable bonds is 5. The molecule has 2 saturated heterocycles. The maximum atomic E-state index is 15.2. The number of piperidine rings is 1. The highest BCUT2D eigenvalue weighted by atomic mass is 35.5. The fourth-order valence-corrected chi connectivity index (χ4v) is 5.12. The Hall–Kier alpha value is -2.29. The van der Waals surface area contributed by atoms with Crippen molar-refractivity contribution in [2.75, 3.05) is 31.6 Å². The minimum absolute atomic E-state index is 0.116. The Balaban J connectivity index is 1.25. The Labute approximate surface area is 190 Å². The zero-order valence-corrected chi connectivity index (χ0v) is 18.7. The van der Waals surface area contributed by atoms with E-state index in [1.54, 1.807) is 12.4 Å². The molecule has 2 aromatic heterocycles. The molecular weight excluding hydrogens is 431 g/mol. The largest absolute Gasteiger partial charge is 0.378 e. The summed E-state index contributed by atoms with van der Waals surface area (Å²) in [6, 6.07) is 4.87. The molecule has 0 bridgehead atoms. The number of nitrogens with one attached hydrogen (secondary N) is 1. The zero-order valence-electron chi connectivity index (χ0n) is 18.0. The van der Waals surface area contributed by atoms with Gasteiger partial charge < -0.3 is 10.1 Å². The van der Waals surface area contributed by atoms with Crippen LogP contribution >= 0.6 is 11.6 Å². The fourth-order valence-electron chi connectivity index (χ4n) is 4.84. The second kappa shape index (κ2) is 7.93. The first-order chi connectivity index (χ1) is 15.6. The van der Waals surface area contributed by atoms with Crippen LogP contribution in [-0.2, 0) is 4.74 Å². The molecule has 7 nitrogen and oxygen atoms in total. The van der Waals surface area contributed by atoms with Gasteiger partial charge in [0.2, 0.25) is 5.95 Å². The Bertz CT molecular complexity index is 1160.